The molecule has 2 heteroatoms. The van der Waals surface area contributed by atoms with Gasteiger partial charge in [-0.2, -0.15) is 0 Å². The lowest BCUT2D eigenvalue weighted by Crippen LogP contribution is -2.27. The maximum atomic E-state index is 3.48. The number of hydrogen-bond donors (Lipinski definition) is 1. The number of hydrogen-bond acceptors (Lipinski definition) is 2. The van der Waals surface area contributed by atoms with Crippen molar-refractivity contribution in [1.82, 2.24) is 10.2 Å². The molecule has 0 saturated heterocycles. The summed E-state index contributed by atoms with van der Waals surface area (Å²) in [5, 5.41) is 3.48. The topological polar surface area (TPSA) is 15.3 Å². The molecule has 0 amide bonds. The molecule has 0 aliphatic rings. The van der Waals surface area contributed by atoms with E-state index < -0.39 is 0 Å². The van der Waals surface area contributed by atoms with Gasteiger partial charge in [0.2, 0.25) is 0 Å². The number of nitrogens with one attached hydrogen (secondary N) is 1. The Morgan fingerprint density at radius 2 is 1.87 bits per heavy atom. The van der Waals surface area contributed by atoms with Crippen LogP contribution < -0.4 is 5.32 Å². The Labute approximate surface area is 96.4 Å². The van der Waals surface area contributed by atoms with Crippen molar-refractivity contribution in [3.63, 3.8) is 0 Å². The van der Waals surface area contributed by atoms with E-state index in [-0.39, 0.29) is 0 Å². The molecule has 15 heavy (non-hydrogen) atoms. The molecule has 92 valence electrons. The summed E-state index contributed by atoms with van der Waals surface area (Å²) in [4.78, 5) is 2.46. The van der Waals surface area contributed by atoms with Crippen LogP contribution >= 0.6 is 0 Å². The lowest BCUT2D eigenvalue weighted by Gasteiger charge is -2.19. The van der Waals surface area contributed by atoms with E-state index in [0.717, 1.165) is 12.5 Å². The minimum atomic E-state index is 0.806. The maximum absolute atomic E-state index is 3.48. The number of rotatable bonds is 10. The summed E-state index contributed by atoms with van der Waals surface area (Å²) in [6.07, 6.45) is 5.19. The summed E-state index contributed by atoms with van der Waals surface area (Å²) in [7, 11) is 2.24. The zero-order valence-electron chi connectivity index (χ0n) is 11.2. The SMILES string of the molecule is CCCCN(C)CCC(C)CNCCC. The van der Waals surface area contributed by atoms with Gasteiger partial charge in [0.15, 0.2) is 0 Å². The van der Waals surface area contributed by atoms with Crippen LogP contribution in [0, 0.1) is 5.92 Å². The van der Waals surface area contributed by atoms with Crippen molar-refractivity contribution in [1.29, 1.82) is 0 Å². The summed E-state index contributed by atoms with van der Waals surface area (Å²) in [6, 6.07) is 0. The first kappa shape index (κ1) is 14.9. The minimum absolute atomic E-state index is 0.806. The molecule has 1 unspecified atom stereocenters. The fourth-order valence-corrected chi connectivity index (χ4v) is 1.61. The largest absolute Gasteiger partial charge is 0.316 e. The Kier molecular flexibility index (Phi) is 10.4. The molecule has 0 aromatic rings. The van der Waals surface area contributed by atoms with Crippen LogP contribution in [0.5, 0.6) is 0 Å². The second-order valence-electron chi connectivity index (χ2n) is 4.75. The van der Waals surface area contributed by atoms with Gasteiger partial charge in [0, 0.05) is 0 Å². The first-order valence-electron chi connectivity index (χ1n) is 6.59. The fraction of sp³-hybridized carbons (Fsp3) is 1.00. The number of unbranched alkanes of at least 4 members (excludes halogenated alkanes) is 1. The first-order valence-corrected chi connectivity index (χ1v) is 6.59. The average Bonchev–Trinajstić information content (AvgIpc) is 2.24. The van der Waals surface area contributed by atoms with Crippen LogP contribution in [-0.2, 0) is 0 Å². The molecule has 0 radical (unpaired) electrons. The second-order valence-corrected chi connectivity index (χ2v) is 4.75. The third-order valence-electron chi connectivity index (χ3n) is 2.82. The molecule has 0 fully saturated rings. The second kappa shape index (κ2) is 10.4. The molecule has 0 aliphatic carbocycles. The van der Waals surface area contributed by atoms with Gasteiger partial charge in [0.05, 0.1) is 0 Å². The predicted molar refractivity (Wildman–Crippen MR) is 69.3 cm³/mol. The van der Waals surface area contributed by atoms with Gasteiger partial charge in [-0.05, 0) is 58.4 Å². The van der Waals surface area contributed by atoms with Crippen molar-refractivity contribution in [2.45, 2.75) is 46.5 Å². The normalized spacial score (nSPS) is 13.4. The van der Waals surface area contributed by atoms with Crippen LogP contribution in [0.15, 0.2) is 0 Å². The van der Waals surface area contributed by atoms with Crippen LogP contribution in [0.3, 0.4) is 0 Å². The molecule has 1 N–H and O–H groups in total. The highest BCUT2D eigenvalue weighted by atomic mass is 15.1. The van der Waals surface area contributed by atoms with E-state index >= 15 is 0 Å². The Balaban J connectivity index is 3.31. The van der Waals surface area contributed by atoms with E-state index in [0.29, 0.717) is 0 Å². The average molecular weight is 214 g/mol. The molecule has 0 aromatic heterocycles. The van der Waals surface area contributed by atoms with E-state index in [2.05, 4.69) is 38.0 Å². The third-order valence-corrected chi connectivity index (χ3v) is 2.82. The lowest BCUT2D eigenvalue weighted by molar-refractivity contribution is 0.298. The molecule has 1 atom stereocenters. The molecule has 0 aromatic carbocycles. The summed E-state index contributed by atoms with van der Waals surface area (Å²) in [5.41, 5.74) is 0. The highest BCUT2D eigenvalue weighted by molar-refractivity contribution is 4.60. The lowest BCUT2D eigenvalue weighted by atomic mass is 10.1. The van der Waals surface area contributed by atoms with E-state index in [1.165, 1.54) is 45.3 Å². The number of nitrogens with zero attached hydrogens (tertiary/aromatic N) is 1. The van der Waals surface area contributed by atoms with E-state index in [1.54, 1.807) is 0 Å². The van der Waals surface area contributed by atoms with Gasteiger partial charge in [-0.15, -0.1) is 0 Å². The molecule has 0 spiro atoms. The standard InChI is InChI=1S/C13H30N2/c1-5-7-10-15(4)11-8-13(3)12-14-9-6-2/h13-14H,5-12H2,1-4H3. The quantitative estimate of drug-likeness (QED) is 0.563. The highest BCUT2D eigenvalue weighted by Gasteiger charge is 2.03. The zero-order chi connectivity index (χ0) is 11.5. The van der Waals surface area contributed by atoms with Crippen molar-refractivity contribution >= 4 is 0 Å². The monoisotopic (exact) mass is 214 g/mol. The summed E-state index contributed by atoms with van der Waals surface area (Å²) in [6.45, 7) is 11.7. The fourth-order valence-electron chi connectivity index (χ4n) is 1.61. The summed E-state index contributed by atoms with van der Waals surface area (Å²) >= 11 is 0. The van der Waals surface area contributed by atoms with Crippen LogP contribution in [0.1, 0.15) is 46.5 Å². The molecule has 0 heterocycles. The van der Waals surface area contributed by atoms with Gasteiger partial charge in [-0.25, -0.2) is 0 Å². The third kappa shape index (κ3) is 10.2. The van der Waals surface area contributed by atoms with Crippen LogP contribution in [0.2, 0.25) is 0 Å². The van der Waals surface area contributed by atoms with E-state index in [1.807, 2.05) is 0 Å². The maximum Gasteiger partial charge on any atom is -0.00188 e. The summed E-state index contributed by atoms with van der Waals surface area (Å²) < 4.78 is 0. The molecule has 0 aliphatic heterocycles. The Hall–Kier alpha value is -0.0800. The molecule has 0 saturated carbocycles. The molecule has 2 nitrogen and oxygen atoms in total. The van der Waals surface area contributed by atoms with E-state index in [9.17, 15) is 0 Å². The molecule has 0 rings (SSSR count). The minimum Gasteiger partial charge on any atom is -0.316 e. The summed E-state index contributed by atoms with van der Waals surface area (Å²) in [5.74, 6) is 0.806. The van der Waals surface area contributed by atoms with Crippen LogP contribution in [0.25, 0.3) is 0 Å². The van der Waals surface area contributed by atoms with Crippen LogP contribution in [0.4, 0.5) is 0 Å². The van der Waals surface area contributed by atoms with Gasteiger partial charge in [-0.1, -0.05) is 27.2 Å². The van der Waals surface area contributed by atoms with Crippen molar-refractivity contribution < 1.29 is 0 Å². The van der Waals surface area contributed by atoms with Crippen LogP contribution in [-0.4, -0.2) is 38.1 Å². The van der Waals surface area contributed by atoms with Crippen molar-refractivity contribution in [2.24, 2.45) is 5.92 Å². The Morgan fingerprint density at radius 3 is 2.47 bits per heavy atom. The van der Waals surface area contributed by atoms with Gasteiger partial charge in [0.25, 0.3) is 0 Å². The predicted octanol–water partition coefficient (Wildman–Crippen LogP) is 2.74. The van der Waals surface area contributed by atoms with Gasteiger partial charge >= 0.3 is 0 Å². The van der Waals surface area contributed by atoms with Gasteiger partial charge < -0.3 is 10.2 Å². The smallest absolute Gasteiger partial charge is 0.00188 e. The molecular formula is C13H30N2. The highest BCUT2D eigenvalue weighted by Crippen LogP contribution is 2.02. The van der Waals surface area contributed by atoms with Crippen molar-refractivity contribution in [2.75, 3.05) is 33.2 Å². The Bertz CT molecular complexity index is 126. The van der Waals surface area contributed by atoms with Crippen molar-refractivity contribution in [3.05, 3.63) is 0 Å². The molecule has 0 bridgehead atoms. The van der Waals surface area contributed by atoms with E-state index in [4.69, 9.17) is 0 Å². The van der Waals surface area contributed by atoms with Crippen molar-refractivity contribution in [3.8, 4) is 0 Å². The molecular weight excluding hydrogens is 184 g/mol. The van der Waals surface area contributed by atoms with Gasteiger partial charge in [-0.3, -0.25) is 0 Å². The first-order chi connectivity index (χ1) is 7.20. The Morgan fingerprint density at radius 1 is 1.13 bits per heavy atom. The van der Waals surface area contributed by atoms with Gasteiger partial charge in [0.1, 0.15) is 0 Å². The zero-order valence-corrected chi connectivity index (χ0v) is 11.2.